The van der Waals surface area contributed by atoms with Gasteiger partial charge in [-0.2, -0.15) is 0 Å². The zero-order chi connectivity index (χ0) is 24.9. The molecule has 0 aromatic heterocycles. The van der Waals surface area contributed by atoms with Gasteiger partial charge in [0.25, 0.3) is 5.91 Å². The second-order valence-corrected chi connectivity index (χ2v) is 7.04. The number of benzene rings is 2. The molecule has 0 fully saturated rings. The molecule has 34 heavy (non-hydrogen) atoms. The highest BCUT2D eigenvalue weighted by molar-refractivity contribution is 5.96. The van der Waals surface area contributed by atoms with Crippen molar-refractivity contribution in [2.75, 3.05) is 38.1 Å². The lowest BCUT2D eigenvalue weighted by molar-refractivity contribution is -0.147. The van der Waals surface area contributed by atoms with Gasteiger partial charge in [-0.15, -0.1) is 0 Å². The molecule has 0 unspecified atom stereocenters. The average molecular weight is 472 g/mol. The molecule has 0 heterocycles. The Morgan fingerprint density at radius 2 is 1.56 bits per heavy atom. The quantitative estimate of drug-likeness (QED) is 0.451. The summed E-state index contributed by atoms with van der Waals surface area (Å²) in [4.78, 5) is 47.9. The molecule has 0 spiro atoms. The minimum absolute atomic E-state index is 0.134. The van der Waals surface area contributed by atoms with Crippen LogP contribution in [0, 0.1) is 0 Å². The monoisotopic (exact) mass is 472 g/mol. The Balaban J connectivity index is 1.74. The number of amides is 2. The molecule has 10 heteroatoms. The SMILES string of the molecule is CCCOC(=O)c1ccc(NC(=O)CCC(=O)OCC(=O)Nc2cc(OC)ccc2OC)cc1. The summed E-state index contributed by atoms with van der Waals surface area (Å²) in [5.74, 6) is -1.17. The predicted octanol–water partition coefficient (Wildman–Crippen LogP) is 3.17. The van der Waals surface area contributed by atoms with Crippen molar-refractivity contribution >= 4 is 35.1 Å². The fraction of sp³-hybridized carbons (Fsp3) is 0.333. The van der Waals surface area contributed by atoms with Crippen molar-refractivity contribution in [2.45, 2.75) is 26.2 Å². The van der Waals surface area contributed by atoms with Gasteiger partial charge in [0.2, 0.25) is 5.91 Å². The van der Waals surface area contributed by atoms with Crippen molar-refractivity contribution in [3.63, 3.8) is 0 Å². The Labute approximate surface area is 197 Å². The molecular weight excluding hydrogens is 444 g/mol. The number of hydrogen-bond acceptors (Lipinski definition) is 8. The van der Waals surface area contributed by atoms with Gasteiger partial charge in [0, 0.05) is 18.2 Å². The fourth-order valence-corrected chi connectivity index (χ4v) is 2.72. The molecule has 2 rings (SSSR count). The molecule has 0 aliphatic rings. The van der Waals surface area contributed by atoms with Crippen LogP contribution in [0.4, 0.5) is 11.4 Å². The van der Waals surface area contributed by atoms with Gasteiger partial charge in [0.05, 0.1) is 38.5 Å². The average Bonchev–Trinajstić information content (AvgIpc) is 2.85. The van der Waals surface area contributed by atoms with Crippen LogP contribution in [-0.4, -0.2) is 51.2 Å². The van der Waals surface area contributed by atoms with Crippen LogP contribution < -0.4 is 20.1 Å². The first-order valence-corrected chi connectivity index (χ1v) is 10.6. The summed E-state index contributed by atoms with van der Waals surface area (Å²) in [5, 5.41) is 5.20. The molecule has 0 aliphatic heterocycles. The minimum atomic E-state index is -0.697. The molecular formula is C24H28N2O8. The van der Waals surface area contributed by atoms with E-state index in [9.17, 15) is 19.2 Å². The van der Waals surface area contributed by atoms with Crippen molar-refractivity contribution in [1.82, 2.24) is 0 Å². The van der Waals surface area contributed by atoms with E-state index in [4.69, 9.17) is 18.9 Å². The van der Waals surface area contributed by atoms with E-state index in [-0.39, 0.29) is 12.8 Å². The largest absolute Gasteiger partial charge is 0.497 e. The first kappa shape index (κ1) is 26.2. The third-order valence-electron chi connectivity index (χ3n) is 4.44. The molecule has 2 amide bonds. The number of methoxy groups -OCH3 is 2. The molecule has 2 N–H and O–H groups in total. The van der Waals surface area contributed by atoms with Gasteiger partial charge in [-0.3, -0.25) is 14.4 Å². The van der Waals surface area contributed by atoms with E-state index < -0.39 is 30.4 Å². The molecule has 0 saturated heterocycles. The standard InChI is InChI=1S/C24H28N2O8/c1-4-13-33-24(30)16-5-7-17(8-6-16)25-21(27)11-12-23(29)34-15-22(28)26-19-14-18(31-2)9-10-20(19)32-3/h5-10,14H,4,11-13,15H2,1-3H3,(H,25,27)(H,26,28). The van der Waals surface area contributed by atoms with Crippen LogP contribution >= 0.6 is 0 Å². The zero-order valence-electron chi connectivity index (χ0n) is 19.3. The lowest BCUT2D eigenvalue weighted by Gasteiger charge is -2.12. The van der Waals surface area contributed by atoms with E-state index in [1.807, 2.05) is 6.92 Å². The first-order valence-electron chi connectivity index (χ1n) is 10.6. The predicted molar refractivity (Wildman–Crippen MR) is 124 cm³/mol. The number of rotatable bonds is 12. The third kappa shape index (κ3) is 8.45. The molecule has 10 nitrogen and oxygen atoms in total. The molecule has 0 aliphatic carbocycles. The maximum absolute atomic E-state index is 12.1. The highest BCUT2D eigenvalue weighted by Crippen LogP contribution is 2.28. The van der Waals surface area contributed by atoms with Crippen LogP contribution in [0.2, 0.25) is 0 Å². The summed E-state index contributed by atoms with van der Waals surface area (Å²) in [6.07, 6.45) is 0.386. The number of nitrogens with one attached hydrogen (secondary N) is 2. The van der Waals surface area contributed by atoms with E-state index >= 15 is 0 Å². The van der Waals surface area contributed by atoms with Gasteiger partial charge < -0.3 is 29.6 Å². The van der Waals surface area contributed by atoms with Crippen LogP contribution in [0.3, 0.4) is 0 Å². The number of esters is 2. The summed E-state index contributed by atoms with van der Waals surface area (Å²) < 4.78 is 20.3. The maximum Gasteiger partial charge on any atom is 0.338 e. The summed E-state index contributed by atoms with van der Waals surface area (Å²) in [6.45, 7) is 1.72. The summed E-state index contributed by atoms with van der Waals surface area (Å²) in [6, 6.07) is 11.1. The van der Waals surface area contributed by atoms with Gasteiger partial charge in [0.15, 0.2) is 6.61 Å². The normalized spacial score (nSPS) is 10.1. The van der Waals surface area contributed by atoms with Gasteiger partial charge in [-0.05, 0) is 42.8 Å². The Kier molecular flexibility index (Phi) is 10.4. The van der Waals surface area contributed by atoms with Crippen molar-refractivity contribution in [3.8, 4) is 11.5 Å². The molecule has 2 aromatic carbocycles. The number of ether oxygens (including phenoxy) is 4. The zero-order valence-corrected chi connectivity index (χ0v) is 19.3. The van der Waals surface area contributed by atoms with Crippen molar-refractivity contribution < 1.29 is 38.1 Å². The van der Waals surface area contributed by atoms with Gasteiger partial charge in [-0.25, -0.2) is 4.79 Å². The van der Waals surface area contributed by atoms with E-state index in [0.717, 1.165) is 6.42 Å². The van der Waals surface area contributed by atoms with Crippen molar-refractivity contribution in [3.05, 3.63) is 48.0 Å². The van der Waals surface area contributed by atoms with Crippen LogP contribution in [0.25, 0.3) is 0 Å². The van der Waals surface area contributed by atoms with Gasteiger partial charge in [0.1, 0.15) is 11.5 Å². The lowest BCUT2D eigenvalue weighted by atomic mass is 10.2. The number of carbonyl (C=O) groups excluding carboxylic acids is 4. The lowest BCUT2D eigenvalue weighted by Crippen LogP contribution is -2.22. The van der Waals surface area contributed by atoms with Crippen LogP contribution in [0.1, 0.15) is 36.5 Å². The highest BCUT2D eigenvalue weighted by atomic mass is 16.5. The molecule has 182 valence electrons. The first-order chi connectivity index (χ1) is 16.4. The second-order valence-electron chi connectivity index (χ2n) is 7.04. The third-order valence-corrected chi connectivity index (χ3v) is 4.44. The van der Waals surface area contributed by atoms with E-state index in [0.29, 0.717) is 35.0 Å². The Morgan fingerprint density at radius 1 is 0.824 bits per heavy atom. The van der Waals surface area contributed by atoms with Crippen LogP contribution in [0.5, 0.6) is 11.5 Å². The second kappa shape index (κ2) is 13.5. The van der Waals surface area contributed by atoms with Crippen LogP contribution in [0.15, 0.2) is 42.5 Å². The van der Waals surface area contributed by atoms with E-state index in [1.165, 1.54) is 26.4 Å². The van der Waals surface area contributed by atoms with Crippen molar-refractivity contribution in [2.24, 2.45) is 0 Å². The Morgan fingerprint density at radius 3 is 2.21 bits per heavy atom. The summed E-state index contributed by atoms with van der Waals surface area (Å²) in [7, 11) is 2.95. The molecule has 0 atom stereocenters. The molecule has 0 radical (unpaired) electrons. The van der Waals surface area contributed by atoms with Gasteiger partial charge >= 0.3 is 11.9 Å². The van der Waals surface area contributed by atoms with E-state index in [1.54, 1.807) is 30.3 Å². The molecule has 2 aromatic rings. The minimum Gasteiger partial charge on any atom is -0.497 e. The number of carbonyl (C=O) groups is 4. The summed E-state index contributed by atoms with van der Waals surface area (Å²) in [5.41, 5.74) is 1.21. The van der Waals surface area contributed by atoms with E-state index in [2.05, 4.69) is 10.6 Å². The molecule has 0 bridgehead atoms. The Bertz CT molecular complexity index is 1000. The smallest absolute Gasteiger partial charge is 0.338 e. The van der Waals surface area contributed by atoms with Crippen LogP contribution in [-0.2, 0) is 23.9 Å². The topological polar surface area (TPSA) is 129 Å². The fourth-order valence-electron chi connectivity index (χ4n) is 2.72. The number of hydrogen-bond donors (Lipinski definition) is 2. The van der Waals surface area contributed by atoms with Crippen molar-refractivity contribution in [1.29, 1.82) is 0 Å². The van der Waals surface area contributed by atoms with Gasteiger partial charge in [-0.1, -0.05) is 6.92 Å². The highest BCUT2D eigenvalue weighted by Gasteiger charge is 2.14. The molecule has 0 saturated carbocycles. The maximum atomic E-state index is 12.1. The number of anilines is 2. The Hall–Kier alpha value is -4.08. The summed E-state index contributed by atoms with van der Waals surface area (Å²) >= 11 is 0.